The zero-order chi connectivity index (χ0) is 18.9. The summed E-state index contributed by atoms with van der Waals surface area (Å²) < 4.78 is 0. The Morgan fingerprint density at radius 2 is 2.19 bits per heavy atom. The van der Waals surface area contributed by atoms with E-state index in [1.807, 2.05) is 25.1 Å². The number of nitrogens with one attached hydrogen (secondary N) is 2. The highest BCUT2D eigenvalue weighted by molar-refractivity contribution is 5.86. The number of carboxylic acids is 1. The van der Waals surface area contributed by atoms with E-state index < -0.39 is 12.0 Å². The van der Waals surface area contributed by atoms with Gasteiger partial charge in [0.05, 0.1) is 12.3 Å². The molecule has 8 heteroatoms. The normalized spacial score (nSPS) is 18.0. The van der Waals surface area contributed by atoms with Crippen molar-refractivity contribution in [2.75, 3.05) is 25.0 Å². The van der Waals surface area contributed by atoms with Crippen LogP contribution in [-0.4, -0.2) is 58.5 Å². The number of pyridine rings is 1. The first-order valence-electron chi connectivity index (χ1n) is 8.97. The molecule has 1 aliphatic heterocycles. The quantitative estimate of drug-likeness (QED) is 0.638. The lowest BCUT2D eigenvalue weighted by atomic mass is 9.96. The summed E-state index contributed by atoms with van der Waals surface area (Å²) in [5.41, 5.74) is 0. The lowest BCUT2D eigenvalue weighted by Gasteiger charge is -2.34. The van der Waals surface area contributed by atoms with Crippen LogP contribution < -0.4 is 10.6 Å². The third-order valence-corrected chi connectivity index (χ3v) is 4.44. The molecular weight excluding hydrogens is 336 g/mol. The number of amides is 2. The minimum atomic E-state index is -0.947. The van der Waals surface area contributed by atoms with E-state index in [1.165, 1.54) is 0 Å². The highest BCUT2D eigenvalue weighted by atomic mass is 16.4. The summed E-state index contributed by atoms with van der Waals surface area (Å²) in [4.78, 5) is 41.5. The van der Waals surface area contributed by atoms with E-state index in [1.54, 1.807) is 11.1 Å². The smallest absolute Gasteiger partial charge is 0.305 e. The summed E-state index contributed by atoms with van der Waals surface area (Å²) in [6, 6.07) is 5.08. The van der Waals surface area contributed by atoms with Crippen LogP contribution in [0, 0.1) is 5.92 Å². The molecule has 0 aliphatic carbocycles. The average Bonchev–Trinajstić information content (AvgIpc) is 2.66. The number of carbonyl (C=O) groups excluding carboxylic acids is 2. The summed E-state index contributed by atoms with van der Waals surface area (Å²) in [5.74, 6) is -0.825. The molecule has 1 saturated heterocycles. The van der Waals surface area contributed by atoms with Crippen molar-refractivity contribution in [1.29, 1.82) is 0 Å². The standard InChI is InChI=1S/C18H26N4O4/c1-2-14(21-15-7-3-4-9-19-15)18(26)22-11-5-6-13(12-22)17(25)20-10-8-16(23)24/h3-4,7,9,13-14H,2,5-6,8,10-12H2,1H3,(H,19,21)(H,20,25)(H,23,24). The number of aliphatic carboxylic acids is 1. The Labute approximate surface area is 153 Å². The van der Waals surface area contributed by atoms with Gasteiger partial charge in [0.25, 0.3) is 0 Å². The third kappa shape index (κ3) is 5.72. The molecule has 1 fully saturated rings. The number of aromatic nitrogens is 1. The van der Waals surface area contributed by atoms with Gasteiger partial charge in [-0.3, -0.25) is 14.4 Å². The molecule has 0 spiro atoms. The third-order valence-electron chi connectivity index (χ3n) is 4.44. The number of likely N-dealkylation sites (tertiary alicyclic amines) is 1. The van der Waals surface area contributed by atoms with Crippen molar-refractivity contribution in [2.24, 2.45) is 5.92 Å². The predicted octanol–water partition coefficient (Wildman–Crippen LogP) is 1.10. The first-order valence-corrected chi connectivity index (χ1v) is 8.97. The number of anilines is 1. The second-order valence-electron chi connectivity index (χ2n) is 6.38. The van der Waals surface area contributed by atoms with Crippen LogP contribution >= 0.6 is 0 Å². The van der Waals surface area contributed by atoms with E-state index in [2.05, 4.69) is 15.6 Å². The molecule has 2 rings (SSSR count). The molecule has 2 atom stereocenters. The van der Waals surface area contributed by atoms with Gasteiger partial charge < -0.3 is 20.6 Å². The largest absolute Gasteiger partial charge is 0.481 e. The second kappa shape index (κ2) is 9.74. The van der Waals surface area contributed by atoms with E-state index in [4.69, 9.17) is 5.11 Å². The van der Waals surface area contributed by atoms with Crippen molar-refractivity contribution >= 4 is 23.6 Å². The van der Waals surface area contributed by atoms with Crippen molar-refractivity contribution in [3.05, 3.63) is 24.4 Å². The molecule has 1 aromatic heterocycles. The van der Waals surface area contributed by atoms with Crippen molar-refractivity contribution in [1.82, 2.24) is 15.2 Å². The van der Waals surface area contributed by atoms with Gasteiger partial charge in [0.1, 0.15) is 11.9 Å². The minimum absolute atomic E-state index is 0.0406. The van der Waals surface area contributed by atoms with Gasteiger partial charge in [0.15, 0.2) is 0 Å². The van der Waals surface area contributed by atoms with Gasteiger partial charge in [-0.05, 0) is 31.4 Å². The average molecular weight is 362 g/mol. The van der Waals surface area contributed by atoms with Gasteiger partial charge in [0, 0.05) is 25.8 Å². The number of hydrogen-bond donors (Lipinski definition) is 3. The van der Waals surface area contributed by atoms with Gasteiger partial charge in [-0.25, -0.2) is 4.98 Å². The first-order chi connectivity index (χ1) is 12.5. The van der Waals surface area contributed by atoms with Crippen molar-refractivity contribution < 1.29 is 19.5 Å². The molecule has 1 aliphatic rings. The molecule has 0 saturated carbocycles. The fraction of sp³-hybridized carbons (Fsp3) is 0.556. The Bertz CT molecular complexity index is 623. The lowest BCUT2D eigenvalue weighted by molar-refractivity contribution is -0.137. The molecule has 8 nitrogen and oxygen atoms in total. The molecule has 3 N–H and O–H groups in total. The number of nitrogens with zero attached hydrogens (tertiary/aromatic N) is 2. The zero-order valence-electron chi connectivity index (χ0n) is 15.0. The van der Waals surface area contributed by atoms with Crippen LogP contribution in [0.2, 0.25) is 0 Å². The van der Waals surface area contributed by atoms with Gasteiger partial charge in [-0.1, -0.05) is 13.0 Å². The Kier molecular flexibility index (Phi) is 7.37. The number of carboxylic acid groups (broad SMARTS) is 1. The zero-order valence-corrected chi connectivity index (χ0v) is 15.0. The van der Waals surface area contributed by atoms with Crippen LogP contribution in [0.3, 0.4) is 0 Å². The Balaban J connectivity index is 1.91. The van der Waals surface area contributed by atoms with Crippen LogP contribution in [0.25, 0.3) is 0 Å². The second-order valence-corrected chi connectivity index (χ2v) is 6.38. The fourth-order valence-corrected chi connectivity index (χ4v) is 3.01. The topological polar surface area (TPSA) is 112 Å². The molecule has 2 heterocycles. The Morgan fingerprint density at radius 1 is 1.38 bits per heavy atom. The van der Waals surface area contributed by atoms with Crippen molar-refractivity contribution in [2.45, 2.75) is 38.6 Å². The predicted molar refractivity (Wildman–Crippen MR) is 96.5 cm³/mol. The number of piperidine rings is 1. The SMILES string of the molecule is CCC(Nc1ccccn1)C(=O)N1CCCC(C(=O)NCCC(=O)O)C1. The summed E-state index contributed by atoms with van der Waals surface area (Å²) in [5, 5.41) is 14.4. The molecule has 142 valence electrons. The molecule has 2 unspecified atom stereocenters. The van der Waals surface area contributed by atoms with E-state index >= 15 is 0 Å². The van der Waals surface area contributed by atoms with Crippen LogP contribution in [-0.2, 0) is 14.4 Å². The maximum absolute atomic E-state index is 12.8. The fourth-order valence-electron chi connectivity index (χ4n) is 3.01. The van der Waals surface area contributed by atoms with E-state index in [0.717, 1.165) is 6.42 Å². The molecule has 2 amide bonds. The number of carbonyl (C=O) groups is 3. The number of hydrogen-bond acceptors (Lipinski definition) is 5. The maximum atomic E-state index is 12.8. The van der Waals surface area contributed by atoms with Crippen LogP contribution in [0.5, 0.6) is 0 Å². The van der Waals surface area contributed by atoms with Crippen LogP contribution in [0.4, 0.5) is 5.82 Å². The van der Waals surface area contributed by atoms with E-state index in [0.29, 0.717) is 31.7 Å². The molecule has 0 aromatic carbocycles. The Hall–Kier alpha value is -2.64. The molecular formula is C18H26N4O4. The minimum Gasteiger partial charge on any atom is -0.481 e. The van der Waals surface area contributed by atoms with Crippen molar-refractivity contribution in [3.63, 3.8) is 0 Å². The highest BCUT2D eigenvalue weighted by Crippen LogP contribution is 2.19. The molecule has 1 aromatic rings. The van der Waals surface area contributed by atoms with Crippen LogP contribution in [0.1, 0.15) is 32.6 Å². The summed E-state index contributed by atoms with van der Waals surface area (Å²) in [6.45, 7) is 3.02. The number of rotatable bonds is 8. The summed E-state index contributed by atoms with van der Waals surface area (Å²) in [6.07, 6.45) is 3.63. The summed E-state index contributed by atoms with van der Waals surface area (Å²) in [7, 11) is 0. The Morgan fingerprint density at radius 3 is 2.85 bits per heavy atom. The molecule has 0 radical (unpaired) electrons. The van der Waals surface area contributed by atoms with Crippen molar-refractivity contribution in [3.8, 4) is 0 Å². The van der Waals surface area contributed by atoms with Gasteiger partial charge in [0.2, 0.25) is 11.8 Å². The molecule has 26 heavy (non-hydrogen) atoms. The monoisotopic (exact) mass is 362 g/mol. The summed E-state index contributed by atoms with van der Waals surface area (Å²) >= 11 is 0. The van der Waals surface area contributed by atoms with Gasteiger partial charge in [-0.15, -0.1) is 0 Å². The first kappa shape index (κ1) is 19.7. The van der Waals surface area contributed by atoms with E-state index in [-0.39, 0.29) is 30.7 Å². The van der Waals surface area contributed by atoms with Gasteiger partial charge >= 0.3 is 5.97 Å². The van der Waals surface area contributed by atoms with E-state index in [9.17, 15) is 14.4 Å². The van der Waals surface area contributed by atoms with Crippen LogP contribution in [0.15, 0.2) is 24.4 Å². The highest BCUT2D eigenvalue weighted by Gasteiger charge is 2.31. The molecule has 0 bridgehead atoms. The lowest BCUT2D eigenvalue weighted by Crippen LogP contribution is -2.50. The maximum Gasteiger partial charge on any atom is 0.305 e. The van der Waals surface area contributed by atoms with Gasteiger partial charge in [-0.2, -0.15) is 0 Å².